The second-order valence-corrected chi connectivity index (χ2v) is 2.87. The molecule has 0 atom stereocenters. The van der Waals surface area contributed by atoms with Crippen molar-refractivity contribution in [3.8, 4) is 0 Å². The zero-order chi connectivity index (χ0) is 11.7. The van der Waals surface area contributed by atoms with Gasteiger partial charge >= 0.3 is 12.2 Å². The molecule has 0 bridgehead atoms. The van der Waals surface area contributed by atoms with E-state index in [9.17, 15) is 9.59 Å². The van der Waals surface area contributed by atoms with Crippen LogP contribution in [0.25, 0.3) is 11.0 Å². The normalized spacial score (nSPS) is 10.2. The summed E-state index contributed by atoms with van der Waals surface area (Å²) in [6.07, 6.45) is -0.628. The Bertz CT molecular complexity index is 548. The Kier molecular flexibility index (Phi) is 2.20. The summed E-state index contributed by atoms with van der Waals surface area (Å²) in [5.41, 5.74) is 0.118. The molecule has 0 aliphatic rings. The second-order valence-electron chi connectivity index (χ2n) is 2.87. The summed E-state index contributed by atoms with van der Waals surface area (Å²) in [5, 5.41) is 18.1. The van der Waals surface area contributed by atoms with Gasteiger partial charge in [0.05, 0.1) is 6.26 Å². The van der Waals surface area contributed by atoms with Gasteiger partial charge in [0, 0.05) is 11.6 Å². The maximum Gasteiger partial charge on any atom is 0.422 e. The molecule has 2 aromatic rings. The van der Waals surface area contributed by atoms with E-state index in [2.05, 4.69) is 4.98 Å². The lowest BCUT2D eigenvalue weighted by molar-refractivity contribution is 0.184. The summed E-state index contributed by atoms with van der Waals surface area (Å²) < 4.78 is 5.00. The second kappa shape index (κ2) is 3.54. The number of pyridine rings is 1. The zero-order valence-electron chi connectivity index (χ0n) is 7.82. The molecule has 2 heterocycles. The van der Waals surface area contributed by atoms with Crippen molar-refractivity contribution in [3.63, 3.8) is 0 Å². The van der Waals surface area contributed by atoms with E-state index in [1.54, 1.807) is 12.1 Å². The molecule has 2 N–H and O–H groups in total. The maximum absolute atomic E-state index is 10.8. The van der Waals surface area contributed by atoms with Gasteiger partial charge in [-0.05, 0) is 12.1 Å². The lowest BCUT2D eigenvalue weighted by Gasteiger charge is -2.11. The largest absolute Gasteiger partial charge is 0.464 e. The minimum Gasteiger partial charge on any atom is -0.464 e. The first kappa shape index (κ1) is 9.97. The van der Waals surface area contributed by atoms with Gasteiger partial charge in [-0.1, -0.05) is 0 Å². The van der Waals surface area contributed by atoms with Gasteiger partial charge in [-0.15, -0.1) is 0 Å². The summed E-state index contributed by atoms with van der Waals surface area (Å²) in [6, 6.07) is 3.17. The van der Waals surface area contributed by atoms with Crippen molar-refractivity contribution in [3.05, 3.63) is 24.6 Å². The van der Waals surface area contributed by atoms with E-state index in [-0.39, 0.29) is 16.3 Å². The number of hydrogen-bond donors (Lipinski definition) is 2. The predicted molar refractivity (Wildman–Crippen MR) is 52.5 cm³/mol. The summed E-state index contributed by atoms with van der Waals surface area (Å²) in [5.74, 6) is -0.262. The molecular weight excluding hydrogens is 216 g/mol. The van der Waals surface area contributed by atoms with Gasteiger partial charge in [0.2, 0.25) is 0 Å². The van der Waals surface area contributed by atoms with Crippen molar-refractivity contribution in [1.82, 2.24) is 4.98 Å². The first-order chi connectivity index (χ1) is 7.61. The van der Waals surface area contributed by atoms with Gasteiger partial charge in [0.15, 0.2) is 11.4 Å². The molecule has 0 aliphatic carbocycles. The van der Waals surface area contributed by atoms with Crippen molar-refractivity contribution >= 4 is 29.0 Å². The third kappa shape index (κ3) is 1.44. The lowest BCUT2D eigenvalue weighted by atomic mass is 10.3. The number of aromatic nitrogens is 1. The van der Waals surface area contributed by atoms with Gasteiger partial charge in [0.25, 0.3) is 0 Å². The Morgan fingerprint density at radius 3 is 2.56 bits per heavy atom. The van der Waals surface area contributed by atoms with Crippen molar-refractivity contribution < 1.29 is 24.2 Å². The van der Waals surface area contributed by atoms with E-state index >= 15 is 0 Å². The van der Waals surface area contributed by atoms with Gasteiger partial charge < -0.3 is 14.6 Å². The van der Waals surface area contributed by atoms with E-state index < -0.39 is 12.2 Å². The molecule has 0 unspecified atom stereocenters. The molecule has 7 nitrogen and oxygen atoms in total. The van der Waals surface area contributed by atoms with Crippen LogP contribution in [0.3, 0.4) is 0 Å². The van der Waals surface area contributed by atoms with Crippen LogP contribution in [0.5, 0.6) is 0 Å². The molecule has 0 fully saturated rings. The third-order valence-corrected chi connectivity index (χ3v) is 1.94. The van der Waals surface area contributed by atoms with E-state index in [1.807, 2.05) is 0 Å². The molecule has 0 aliphatic heterocycles. The smallest absolute Gasteiger partial charge is 0.422 e. The van der Waals surface area contributed by atoms with Crippen LogP contribution in [0.1, 0.15) is 0 Å². The Morgan fingerprint density at radius 1 is 1.25 bits per heavy atom. The lowest BCUT2D eigenvalue weighted by Crippen LogP contribution is -2.35. The van der Waals surface area contributed by atoms with Gasteiger partial charge in [-0.2, -0.15) is 4.90 Å². The first-order valence-corrected chi connectivity index (χ1v) is 4.19. The minimum absolute atomic E-state index is 0.103. The van der Waals surface area contributed by atoms with E-state index in [1.165, 1.54) is 12.5 Å². The van der Waals surface area contributed by atoms with Crippen LogP contribution in [0.15, 0.2) is 29.0 Å². The monoisotopic (exact) mass is 222 g/mol. The van der Waals surface area contributed by atoms with Gasteiger partial charge in [-0.3, -0.25) is 0 Å². The van der Waals surface area contributed by atoms with E-state index in [4.69, 9.17) is 14.6 Å². The molecule has 2 aromatic heterocycles. The Labute approximate surface area is 88.5 Å². The quantitative estimate of drug-likeness (QED) is 0.764. The summed E-state index contributed by atoms with van der Waals surface area (Å²) in [6.45, 7) is 0. The molecule has 16 heavy (non-hydrogen) atoms. The summed E-state index contributed by atoms with van der Waals surface area (Å²) in [7, 11) is 0. The highest BCUT2D eigenvalue weighted by Gasteiger charge is 2.26. The number of hydrogen-bond acceptors (Lipinski definition) is 4. The number of imide groups is 1. The highest BCUT2D eigenvalue weighted by Crippen LogP contribution is 2.25. The average molecular weight is 222 g/mol. The van der Waals surface area contributed by atoms with E-state index in [0.29, 0.717) is 5.39 Å². The van der Waals surface area contributed by atoms with E-state index in [0.717, 1.165) is 0 Å². The Balaban J connectivity index is 2.65. The van der Waals surface area contributed by atoms with Crippen LogP contribution >= 0.6 is 0 Å². The fraction of sp³-hybridized carbons (Fsp3) is 0. The average Bonchev–Trinajstić information content (AvgIpc) is 2.65. The van der Waals surface area contributed by atoms with Crippen LogP contribution in [-0.2, 0) is 0 Å². The third-order valence-electron chi connectivity index (χ3n) is 1.94. The molecule has 0 spiro atoms. The van der Waals surface area contributed by atoms with Crippen molar-refractivity contribution in [2.75, 3.05) is 4.90 Å². The van der Waals surface area contributed by atoms with Crippen molar-refractivity contribution in [1.29, 1.82) is 0 Å². The first-order valence-electron chi connectivity index (χ1n) is 4.19. The summed E-state index contributed by atoms with van der Waals surface area (Å²) in [4.78, 5) is 25.3. The van der Waals surface area contributed by atoms with Crippen LogP contribution in [0, 0.1) is 0 Å². The molecule has 0 radical (unpaired) electrons. The molecule has 0 saturated carbocycles. The SMILES string of the molecule is O=C(O)N(C(=O)O)c1nccc2ccoc12. The fourth-order valence-electron chi connectivity index (χ4n) is 1.30. The molecule has 2 rings (SSSR count). The Morgan fingerprint density at radius 2 is 1.94 bits per heavy atom. The van der Waals surface area contributed by atoms with Crippen LogP contribution < -0.4 is 4.90 Å². The number of nitrogens with zero attached hydrogens (tertiary/aromatic N) is 2. The number of anilines is 1. The van der Waals surface area contributed by atoms with Crippen LogP contribution in [-0.4, -0.2) is 27.4 Å². The highest BCUT2D eigenvalue weighted by molar-refractivity contribution is 6.11. The maximum atomic E-state index is 10.8. The summed E-state index contributed by atoms with van der Waals surface area (Å²) >= 11 is 0. The number of carboxylic acid groups (broad SMARTS) is 2. The number of amides is 2. The van der Waals surface area contributed by atoms with Crippen LogP contribution in [0.2, 0.25) is 0 Å². The molecule has 82 valence electrons. The topological polar surface area (TPSA) is 104 Å². The van der Waals surface area contributed by atoms with Gasteiger partial charge in [-0.25, -0.2) is 14.6 Å². The standard InChI is InChI=1S/C9H6N2O5/c12-8(13)11(9(14)15)7-6-5(1-3-10-7)2-4-16-6/h1-4H,(H,12,13)(H,14,15). The zero-order valence-corrected chi connectivity index (χ0v) is 7.82. The van der Waals surface area contributed by atoms with Crippen molar-refractivity contribution in [2.45, 2.75) is 0 Å². The van der Waals surface area contributed by atoms with Gasteiger partial charge in [0.1, 0.15) is 0 Å². The Hall–Kier alpha value is -2.57. The molecule has 2 amide bonds. The minimum atomic E-state index is -1.64. The molecule has 7 heteroatoms. The fourth-order valence-corrected chi connectivity index (χ4v) is 1.30. The number of carbonyl (C=O) groups is 2. The molecule has 0 aromatic carbocycles. The highest BCUT2D eigenvalue weighted by atomic mass is 16.4. The molecular formula is C9H6N2O5. The molecule has 0 saturated heterocycles. The number of fused-ring (bicyclic) bond motifs is 1. The van der Waals surface area contributed by atoms with Crippen molar-refractivity contribution in [2.24, 2.45) is 0 Å². The predicted octanol–water partition coefficient (Wildman–Crippen LogP) is 1.99. The number of furan rings is 1. The number of rotatable bonds is 1. The van der Waals surface area contributed by atoms with Crippen LogP contribution in [0.4, 0.5) is 15.4 Å².